The van der Waals surface area contributed by atoms with Gasteiger partial charge in [-0.1, -0.05) is 12.1 Å². The zero-order chi connectivity index (χ0) is 19.5. The molecule has 2 heterocycles. The number of carboxylic acids is 1. The van der Waals surface area contributed by atoms with Gasteiger partial charge in [-0.2, -0.15) is 0 Å². The second kappa shape index (κ2) is 7.32. The Bertz CT molecular complexity index is 1120. The summed E-state index contributed by atoms with van der Waals surface area (Å²) < 4.78 is 5.72. The maximum Gasteiger partial charge on any atom is 0.354 e. The van der Waals surface area contributed by atoms with E-state index in [1.807, 2.05) is 60.5 Å². The van der Waals surface area contributed by atoms with Crippen LogP contribution in [0.15, 0.2) is 73.2 Å². The number of anilines is 2. The van der Waals surface area contributed by atoms with Crippen molar-refractivity contribution in [2.24, 2.45) is 0 Å². The molecule has 7 nitrogen and oxygen atoms in total. The van der Waals surface area contributed by atoms with Crippen LogP contribution in [0.1, 0.15) is 10.5 Å². The quantitative estimate of drug-likeness (QED) is 0.559. The van der Waals surface area contributed by atoms with Crippen LogP contribution in [0, 0.1) is 0 Å². The number of pyridine rings is 1. The Labute approximate surface area is 160 Å². The standard InChI is InChI=1S/C21H16N4O3/c1-25(20-17-4-2-3-5-18(17)23-13-24-20)14-6-8-15(9-7-14)28-16-10-11-19(21(26)27)22-12-16/h2-13H,1H3,(H,26,27). The summed E-state index contributed by atoms with van der Waals surface area (Å²) in [7, 11) is 1.94. The Morgan fingerprint density at radius 3 is 2.39 bits per heavy atom. The van der Waals surface area contributed by atoms with Crippen molar-refractivity contribution >= 4 is 28.4 Å². The highest BCUT2D eigenvalue weighted by molar-refractivity contribution is 5.91. The van der Waals surface area contributed by atoms with Crippen molar-refractivity contribution in [3.8, 4) is 11.5 Å². The van der Waals surface area contributed by atoms with Gasteiger partial charge in [-0.05, 0) is 48.5 Å². The number of hydrogen-bond donors (Lipinski definition) is 1. The van der Waals surface area contributed by atoms with E-state index in [1.54, 1.807) is 12.4 Å². The largest absolute Gasteiger partial charge is 0.477 e. The molecule has 0 aliphatic carbocycles. The summed E-state index contributed by atoms with van der Waals surface area (Å²) in [5, 5.41) is 9.86. The summed E-state index contributed by atoms with van der Waals surface area (Å²) in [6, 6.07) is 18.3. The second-order valence-electron chi connectivity index (χ2n) is 6.05. The van der Waals surface area contributed by atoms with E-state index in [4.69, 9.17) is 9.84 Å². The summed E-state index contributed by atoms with van der Waals surface area (Å²) in [5.41, 5.74) is 1.80. The molecule has 0 amide bonds. The van der Waals surface area contributed by atoms with Gasteiger partial charge >= 0.3 is 5.97 Å². The van der Waals surface area contributed by atoms with E-state index < -0.39 is 5.97 Å². The molecule has 0 aliphatic heterocycles. The fourth-order valence-corrected chi connectivity index (χ4v) is 2.82. The number of ether oxygens (including phenoxy) is 1. The van der Waals surface area contributed by atoms with E-state index in [2.05, 4.69) is 15.0 Å². The van der Waals surface area contributed by atoms with Crippen molar-refractivity contribution < 1.29 is 14.6 Å². The minimum absolute atomic E-state index is 0.0265. The molecule has 1 N–H and O–H groups in total. The highest BCUT2D eigenvalue weighted by Gasteiger charge is 2.11. The second-order valence-corrected chi connectivity index (χ2v) is 6.05. The average Bonchev–Trinajstić information content (AvgIpc) is 2.74. The van der Waals surface area contributed by atoms with Gasteiger partial charge in [0.25, 0.3) is 0 Å². The number of aromatic nitrogens is 3. The van der Waals surface area contributed by atoms with E-state index in [0.29, 0.717) is 11.5 Å². The van der Waals surface area contributed by atoms with Crippen molar-refractivity contribution in [2.45, 2.75) is 0 Å². The molecule has 0 bridgehead atoms. The fraction of sp³-hybridized carbons (Fsp3) is 0.0476. The number of carbonyl (C=O) groups is 1. The minimum Gasteiger partial charge on any atom is -0.477 e. The molecular formula is C21H16N4O3. The smallest absolute Gasteiger partial charge is 0.354 e. The van der Waals surface area contributed by atoms with Crippen molar-refractivity contribution in [3.05, 3.63) is 78.9 Å². The predicted octanol–water partition coefficient (Wildman–Crippen LogP) is 4.28. The van der Waals surface area contributed by atoms with Crippen LogP contribution >= 0.6 is 0 Å². The SMILES string of the molecule is CN(c1ccc(Oc2ccc(C(=O)O)nc2)cc1)c1ncnc2ccccc12. The van der Waals surface area contributed by atoms with Crippen molar-refractivity contribution in [2.75, 3.05) is 11.9 Å². The van der Waals surface area contributed by atoms with Crippen LogP contribution in [0.5, 0.6) is 11.5 Å². The Morgan fingerprint density at radius 1 is 0.929 bits per heavy atom. The number of nitrogens with zero attached hydrogens (tertiary/aromatic N) is 4. The molecule has 0 unspecified atom stereocenters. The van der Waals surface area contributed by atoms with Gasteiger partial charge in [0.15, 0.2) is 0 Å². The third kappa shape index (κ3) is 3.45. The van der Waals surface area contributed by atoms with Crippen LogP contribution in [-0.2, 0) is 0 Å². The first-order valence-electron chi connectivity index (χ1n) is 8.52. The number of rotatable bonds is 5. The molecule has 28 heavy (non-hydrogen) atoms. The number of para-hydroxylation sites is 1. The molecule has 0 aliphatic rings. The lowest BCUT2D eigenvalue weighted by atomic mass is 10.2. The van der Waals surface area contributed by atoms with Gasteiger partial charge < -0.3 is 14.7 Å². The monoisotopic (exact) mass is 372 g/mol. The third-order valence-electron chi connectivity index (χ3n) is 4.25. The van der Waals surface area contributed by atoms with Gasteiger partial charge in [-0.15, -0.1) is 0 Å². The molecule has 4 aromatic rings. The summed E-state index contributed by atoms with van der Waals surface area (Å²) in [6.07, 6.45) is 2.94. The van der Waals surface area contributed by atoms with Crippen molar-refractivity contribution in [1.82, 2.24) is 15.0 Å². The van der Waals surface area contributed by atoms with Crippen LogP contribution in [0.25, 0.3) is 10.9 Å². The zero-order valence-electron chi connectivity index (χ0n) is 15.0. The van der Waals surface area contributed by atoms with Gasteiger partial charge in [0.2, 0.25) is 0 Å². The lowest BCUT2D eigenvalue weighted by Crippen LogP contribution is -2.11. The number of hydrogen-bond acceptors (Lipinski definition) is 6. The lowest BCUT2D eigenvalue weighted by Gasteiger charge is -2.20. The van der Waals surface area contributed by atoms with Crippen LogP contribution in [0.2, 0.25) is 0 Å². The molecule has 0 fully saturated rings. The maximum atomic E-state index is 10.9. The first-order valence-corrected chi connectivity index (χ1v) is 8.52. The molecular weight excluding hydrogens is 356 g/mol. The zero-order valence-corrected chi connectivity index (χ0v) is 15.0. The molecule has 0 saturated carbocycles. The third-order valence-corrected chi connectivity index (χ3v) is 4.25. The van der Waals surface area contributed by atoms with Gasteiger partial charge in [0.1, 0.15) is 29.3 Å². The molecule has 4 rings (SSSR count). The topological polar surface area (TPSA) is 88.4 Å². The number of benzene rings is 2. The minimum atomic E-state index is -1.07. The van der Waals surface area contributed by atoms with Crippen molar-refractivity contribution in [1.29, 1.82) is 0 Å². The fourth-order valence-electron chi connectivity index (χ4n) is 2.82. The van der Waals surface area contributed by atoms with Crippen LogP contribution in [0.4, 0.5) is 11.5 Å². The van der Waals surface area contributed by atoms with Crippen LogP contribution in [0.3, 0.4) is 0 Å². The molecule has 0 saturated heterocycles. The molecule has 7 heteroatoms. The first-order chi connectivity index (χ1) is 13.6. The van der Waals surface area contributed by atoms with Crippen molar-refractivity contribution in [3.63, 3.8) is 0 Å². The van der Waals surface area contributed by atoms with Crippen LogP contribution < -0.4 is 9.64 Å². The lowest BCUT2D eigenvalue weighted by molar-refractivity contribution is 0.0690. The molecule has 2 aromatic heterocycles. The van der Waals surface area contributed by atoms with Gasteiger partial charge in [0, 0.05) is 18.1 Å². The van der Waals surface area contributed by atoms with E-state index in [9.17, 15) is 4.79 Å². The summed E-state index contributed by atoms with van der Waals surface area (Å²) in [6.45, 7) is 0. The van der Waals surface area contributed by atoms with E-state index in [0.717, 1.165) is 22.4 Å². The Balaban J connectivity index is 1.54. The predicted molar refractivity (Wildman–Crippen MR) is 105 cm³/mol. The maximum absolute atomic E-state index is 10.9. The molecule has 138 valence electrons. The summed E-state index contributed by atoms with van der Waals surface area (Å²) in [5.74, 6) is 0.825. The molecule has 2 aromatic carbocycles. The van der Waals surface area contributed by atoms with Crippen LogP contribution in [-0.4, -0.2) is 33.1 Å². The first kappa shape index (κ1) is 17.4. The molecule has 0 radical (unpaired) electrons. The number of carboxylic acid groups (broad SMARTS) is 1. The summed E-state index contributed by atoms with van der Waals surface area (Å²) >= 11 is 0. The van der Waals surface area contributed by atoms with E-state index in [1.165, 1.54) is 12.3 Å². The normalized spacial score (nSPS) is 10.6. The molecule has 0 atom stereocenters. The van der Waals surface area contributed by atoms with Gasteiger partial charge in [0.05, 0.1) is 11.7 Å². The van der Waals surface area contributed by atoms with E-state index >= 15 is 0 Å². The Hall–Kier alpha value is -4.00. The Morgan fingerprint density at radius 2 is 1.68 bits per heavy atom. The van der Waals surface area contributed by atoms with E-state index in [-0.39, 0.29) is 5.69 Å². The van der Waals surface area contributed by atoms with Gasteiger partial charge in [-0.25, -0.2) is 19.7 Å². The number of fused-ring (bicyclic) bond motifs is 1. The highest BCUT2D eigenvalue weighted by Crippen LogP contribution is 2.30. The highest BCUT2D eigenvalue weighted by atomic mass is 16.5. The molecule has 0 spiro atoms. The average molecular weight is 372 g/mol. The summed E-state index contributed by atoms with van der Waals surface area (Å²) in [4.78, 5) is 25.4. The number of aromatic carboxylic acids is 1. The Kier molecular flexibility index (Phi) is 4.55. The van der Waals surface area contributed by atoms with Gasteiger partial charge in [-0.3, -0.25) is 0 Å².